The van der Waals surface area contributed by atoms with Crippen LogP contribution in [-0.2, 0) is 0 Å². The summed E-state index contributed by atoms with van der Waals surface area (Å²) in [6.07, 6.45) is 3.37. The normalized spacial score (nSPS) is 13.8. The van der Waals surface area contributed by atoms with Gasteiger partial charge in [0.05, 0.1) is 11.2 Å². The number of hydrogen-bond acceptors (Lipinski definition) is 4. The van der Waals surface area contributed by atoms with Crippen molar-refractivity contribution in [3.8, 4) is 0 Å². The van der Waals surface area contributed by atoms with Crippen LogP contribution in [0.15, 0.2) is 17.3 Å². The van der Waals surface area contributed by atoms with Gasteiger partial charge < -0.3 is 0 Å². The number of fused-ring (bicyclic) bond motifs is 1. The summed E-state index contributed by atoms with van der Waals surface area (Å²) < 4.78 is 0. The van der Waals surface area contributed by atoms with Gasteiger partial charge in [-0.2, -0.15) is 10.2 Å². The van der Waals surface area contributed by atoms with Crippen LogP contribution in [0.4, 0.5) is 5.69 Å². The van der Waals surface area contributed by atoms with E-state index < -0.39 is 0 Å². The lowest BCUT2D eigenvalue weighted by Crippen LogP contribution is -1.80. The Morgan fingerprint density at radius 1 is 1.33 bits per heavy atom. The van der Waals surface area contributed by atoms with Gasteiger partial charge in [-0.15, -0.1) is 0 Å². The van der Waals surface area contributed by atoms with Crippen molar-refractivity contribution in [3.05, 3.63) is 12.4 Å². The fraction of sp³-hybridized carbons (Fsp3) is 0. The van der Waals surface area contributed by atoms with Crippen molar-refractivity contribution in [3.63, 3.8) is 0 Å². The lowest BCUT2D eigenvalue weighted by molar-refractivity contribution is 0.990. The summed E-state index contributed by atoms with van der Waals surface area (Å²) in [4.78, 5) is 5.12. The van der Waals surface area contributed by atoms with Crippen molar-refractivity contribution >= 4 is 23.0 Å². The average molecular weight is 137 g/mol. The molecule has 0 aliphatic carbocycles. The molecule has 0 fully saturated rings. The van der Waals surface area contributed by atoms with Crippen molar-refractivity contribution in [1.29, 1.82) is 0 Å². The standard InChI is InChI=1S/C5H3N3S/c1-4-5(2-8-7-1)9-3-6-4/h1-3H/q+1. The highest BCUT2D eigenvalue weighted by Gasteiger charge is 2.18. The molecule has 1 aliphatic heterocycles. The lowest BCUT2D eigenvalue weighted by Gasteiger charge is -1.80. The monoisotopic (exact) mass is 137 g/mol. The molecule has 1 aromatic rings. The van der Waals surface area contributed by atoms with Gasteiger partial charge in [-0.3, -0.25) is 0 Å². The molecule has 0 saturated carbocycles. The highest BCUT2D eigenvalue weighted by atomic mass is 32.2. The Morgan fingerprint density at radius 2 is 2.22 bits per heavy atom. The van der Waals surface area contributed by atoms with Gasteiger partial charge in [0, 0.05) is 0 Å². The largest absolute Gasteiger partial charge is 0.313 e. The van der Waals surface area contributed by atoms with E-state index >= 15 is 0 Å². The van der Waals surface area contributed by atoms with Crippen LogP contribution in [0.1, 0.15) is 0 Å². The first-order valence-electron chi connectivity index (χ1n) is 2.47. The third-order valence-corrected chi connectivity index (χ3v) is 1.82. The van der Waals surface area contributed by atoms with Crippen molar-refractivity contribution in [2.24, 2.45) is 0 Å². The number of aliphatic imine (C=N–C) groups is 1. The van der Waals surface area contributed by atoms with Crippen LogP contribution < -0.4 is 4.99 Å². The molecule has 4 heteroatoms. The Labute approximate surface area is 56.2 Å². The Bertz CT molecular complexity index is 258. The van der Waals surface area contributed by atoms with E-state index in [0.29, 0.717) is 0 Å². The molecule has 0 bridgehead atoms. The topological polar surface area (TPSA) is 39.9 Å². The molecule has 43 valence electrons. The highest BCUT2D eigenvalue weighted by Crippen LogP contribution is 2.26. The molecule has 1 aromatic heterocycles. The van der Waals surface area contributed by atoms with E-state index in [-0.39, 0.29) is 0 Å². The molecule has 0 unspecified atom stereocenters. The third-order valence-electron chi connectivity index (χ3n) is 1.05. The second-order valence-corrected chi connectivity index (χ2v) is 2.48. The second-order valence-electron chi connectivity index (χ2n) is 1.59. The van der Waals surface area contributed by atoms with Crippen LogP contribution in [0.3, 0.4) is 0 Å². The molecule has 2 heterocycles. The average Bonchev–Trinajstić information content (AvgIpc) is 2.33. The smallest absolute Gasteiger partial charge is 0.157 e. The zero-order valence-corrected chi connectivity index (χ0v) is 5.30. The summed E-state index contributed by atoms with van der Waals surface area (Å²) >= 11 is 1.57. The van der Waals surface area contributed by atoms with E-state index in [4.69, 9.17) is 0 Å². The number of aromatic nitrogens is 2. The Kier molecular flexibility index (Phi) is 0.989. The molecule has 0 amide bonds. The molecule has 0 atom stereocenters. The first-order valence-corrected chi connectivity index (χ1v) is 3.35. The number of rotatable bonds is 0. The van der Waals surface area contributed by atoms with Crippen LogP contribution in [0.25, 0.3) is 0 Å². The van der Waals surface area contributed by atoms with Crippen LogP contribution >= 0.6 is 11.8 Å². The van der Waals surface area contributed by atoms with Gasteiger partial charge >= 0.3 is 5.69 Å². The Hall–Kier alpha value is -0.900. The van der Waals surface area contributed by atoms with Crippen LogP contribution in [-0.4, -0.2) is 15.7 Å². The molecular weight excluding hydrogens is 134 g/mol. The highest BCUT2D eigenvalue weighted by molar-refractivity contribution is 8.12. The van der Waals surface area contributed by atoms with Gasteiger partial charge in [-0.25, -0.2) is 0 Å². The van der Waals surface area contributed by atoms with Crippen LogP contribution in [0.5, 0.6) is 0 Å². The summed E-state index contributed by atoms with van der Waals surface area (Å²) in [5, 5.41) is 7.38. The minimum absolute atomic E-state index is 0.926. The minimum atomic E-state index is 0.926. The number of nitrogens with zero attached hydrogens (tertiary/aromatic N) is 3. The van der Waals surface area contributed by atoms with E-state index in [0.717, 1.165) is 10.6 Å². The predicted octanol–water partition coefficient (Wildman–Crippen LogP) is 0.578. The first kappa shape index (κ1) is 4.93. The van der Waals surface area contributed by atoms with Crippen molar-refractivity contribution in [1.82, 2.24) is 15.2 Å². The molecule has 1 aliphatic rings. The maximum atomic E-state index is 4.03. The second kappa shape index (κ2) is 1.80. The molecule has 1 radical (unpaired) electrons. The maximum absolute atomic E-state index is 4.03. The maximum Gasteiger partial charge on any atom is 0.313 e. The molecule has 0 saturated heterocycles. The van der Waals surface area contributed by atoms with Gasteiger partial charge in [-0.1, -0.05) is 0 Å². The molecule has 0 aromatic carbocycles. The SMILES string of the molecule is C1=[N+]c2cnncc2S1. The molecule has 2 rings (SSSR count). The fourth-order valence-electron chi connectivity index (χ4n) is 0.631. The summed E-state index contributed by atoms with van der Waals surface area (Å²) in [5.74, 6) is 0. The van der Waals surface area contributed by atoms with Gasteiger partial charge in [-0.05, 0) is 11.8 Å². The first-order chi connectivity index (χ1) is 4.47. The summed E-state index contributed by atoms with van der Waals surface area (Å²) in [6, 6.07) is 0. The van der Waals surface area contributed by atoms with E-state index in [9.17, 15) is 0 Å². The van der Waals surface area contributed by atoms with E-state index in [1.54, 1.807) is 29.7 Å². The lowest BCUT2D eigenvalue weighted by atomic mass is 10.5. The van der Waals surface area contributed by atoms with Gasteiger partial charge in [0.2, 0.25) is 0 Å². The fourth-order valence-corrected chi connectivity index (χ4v) is 1.25. The number of thioether (sulfide) groups is 1. The summed E-state index contributed by atoms with van der Waals surface area (Å²) in [7, 11) is 0. The van der Waals surface area contributed by atoms with Crippen LogP contribution in [0, 0.1) is 0 Å². The molecule has 3 nitrogen and oxygen atoms in total. The Balaban J connectivity index is 2.63. The quantitative estimate of drug-likeness (QED) is 0.525. The molecule has 9 heavy (non-hydrogen) atoms. The van der Waals surface area contributed by atoms with Gasteiger partial charge in [0.1, 0.15) is 11.1 Å². The summed E-state index contributed by atoms with van der Waals surface area (Å²) in [6.45, 7) is 0. The zero-order chi connectivity index (χ0) is 6.10. The zero-order valence-electron chi connectivity index (χ0n) is 4.48. The summed E-state index contributed by atoms with van der Waals surface area (Å²) in [5.41, 5.74) is 2.71. The van der Waals surface area contributed by atoms with E-state index in [1.807, 2.05) is 0 Å². The third kappa shape index (κ3) is 0.712. The van der Waals surface area contributed by atoms with Gasteiger partial charge in [0.25, 0.3) is 5.55 Å². The van der Waals surface area contributed by atoms with Crippen molar-refractivity contribution in [2.75, 3.05) is 0 Å². The van der Waals surface area contributed by atoms with E-state index in [1.165, 1.54) is 0 Å². The number of hydrogen-bond donors (Lipinski definition) is 0. The van der Waals surface area contributed by atoms with Crippen molar-refractivity contribution in [2.45, 2.75) is 4.90 Å². The van der Waals surface area contributed by atoms with Crippen molar-refractivity contribution < 1.29 is 0 Å². The molecule has 0 N–H and O–H groups in total. The van der Waals surface area contributed by atoms with Crippen LogP contribution in [0.2, 0.25) is 0 Å². The minimum Gasteiger partial charge on any atom is -0.157 e. The Morgan fingerprint density at radius 3 is 3.11 bits per heavy atom. The van der Waals surface area contributed by atoms with Gasteiger partial charge in [0.15, 0.2) is 0 Å². The van der Waals surface area contributed by atoms with E-state index in [2.05, 4.69) is 15.2 Å². The predicted molar refractivity (Wildman–Crippen MR) is 35.7 cm³/mol. The molecule has 0 spiro atoms. The molecular formula is C5H3N3S+.